The Labute approximate surface area is 89.2 Å². The third-order valence-electron chi connectivity index (χ3n) is 2.40. The van der Waals surface area contributed by atoms with Crippen molar-refractivity contribution in [2.45, 2.75) is 19.4 Å². The van der Waals surface area contributed by atoms with Crippen LogP contribution >= 0.6 is 0 Å². The van der Waals surface area contributed by atoms with E-state index in [2.05, 4.69) is 0 Å². The lowest BCUT2D eigenvalue weighted by Crippen LogP contribution is -1.91. The van der Waals surface area contributed by atoms with E-state index < -0.39 is 6.10 Å². The zero-order valence-electron chi connectivity index (χ0n) is 8.68. The number of hydrogen-bond donors (Lipinski definition) is 1. The van der Waals surface area contributed by atoms with Crippen molar-refractivity contribution in [3.8, 4) is 11.3 Å². The van der Waals surface area contributed by atoms with Crippen molar-refractivity contribution < 1.29 is 9.52 Å². The lowest BCUT2D eigenvalue weighted by Gasteiger charge is -2.02. The molecule has 2 aromatic rings. The van der Waals surface area contributed by atoms with Crippen LogP contribution in [0.25, 0.3) is 11.3 Å². The summed E-state index contributed by atoms with van der Waals surface area (Å²) in [6.45, 7) is 1.93. The molecule has 2 heteroatoms. The molecule has 0 aliphatic rings. The first-order valence-electron chi connectivity index (χ1n) is 5.14. The van der Waals surface area contributed by atoms with Gasteiger partial charge >= 0.3 is 0 Å². The largest absolute Gasteiger partial charge is 0.458 e. The number of benzene rings is 1. The molecular weight excluding hydrogens is 188 g/mol. The lowest BCUT2D eigenvalue weighted by molar-refractivity contribution is 0.147. The van der Waals surface area contributed by atoms with Gasteiger partial charge in [0.15, 0.2) is 0 Å². The Kier molecular flexibility index (Phi) is 2.88. The zero-order valence-corrected chi connectivity index (χ0v) is 8.68. The minimum atomic E-state index is -0.498. The number of aliphatic hydroxyl groups is 1. The summed E-state index contributed by atoms with van der Waals surface area (Å²) in [5.74, 6) is 1.44. The highest BCUT2D eigenvalue weighted by Gasteiger charge is 2.10. The maximum Gasteiger partial charge on any atom is 0.134 e. The normalized spacial score (nSPS) is 12.7. The van der Waals surface area contributed by atoms with Gasteiger partial charge in [-0.2, -0.15) is 0 Å². The summed E-state index contributed by atoms with van der Waals surface area (Å²) in [5, 5.41) is 9.60. The summed E-state index contributed by atoms with van der Waals surface area (Å²) in [6.07, 6.45) is 0.171. The molecule has 1 aromatic carbocycles. The highest BCUT2D eigenvalue weighted by Crippen LogP contribution is 2.26. The number of furan rings is 1. The summed E-state index contributed by atoms with van der Waals surface area (Å²) in [6, 6.07) is 13.6. The molecule has 1 heterocycles. The second-order valence-corrected chi connectivity index (χ2v) is 3.49. The molecule has 0 amide bonds. The van der Waals surface area contributed by atoms with Crippen molar-refractivity contribution in [3.63, 3.8) is 0 Å². The van der Waals surface area contributed by atoms with Crippen molar-refractivity contribution >= 4 is 0 Å². The molecule has 0 bridgehead atoms. The first-order valence-corrected chi connectivity index (χ1v) is 5.14. The molecule has 0 aliphatic heterocycles. The molecule has 0 radical (unpaired) electrons. The number of aliphatic hydroxyl groups excluding tert-OH is 1. The van der Waals surface area contributed by atoms with Crippen LogP contribution in [-0.2, 0) is 0 Å². The Bertz CT molecular complexity index is 417. The quantitative estimate of drug-likeness (QED) is 0.827. The molecule has 0 saturated heterocycles. The third kappa shape index (κ3) is 2.10. The van der Waals surface area contributed by atoms with E-state index in [9.17, 15) is 5.11 Å². The molecule has 1 atom stereocenters. The Balaban J connectivity index is 2.28. The summed E-state index contributed by atoms with van der Waals surface area (Å²) in [4.78, 5) is 0. The van der Waals surface area contributed by atoms with Crippen LogP contribution in [0.5, 0.6) is 0 Å². The van der Waals surface area contributed by atoms with Gasteiger partial charge < -0.3 is 9.52 Å². The molecule has 15 heavy (non-hydrogen) atoms. The van der Waals surface area contributed by atoms with E-state index >= 15 is 0 Å². The Morgan fingerprint density at radius 1 is 1.13 bits per heavy atom. The standard InChI is InChI=1S/C13H14O2/c1-2-11(14)13-9-8-12(15-13)10-6-4-3-5-7-10/h3-9,11,14H,2H2,1H3. The van der Waals surface area contributed by atoms with E-state index in [0.717, 1.165) is 11.3 Å². The number of hydrogen-bond acceptors (Lipinski definition) is 2. The summed E-state index contributed by atoms with van der Waals surface area (Å²) >= 11 is 0. The van der Waals surface area contributed by atoms with Gasteiger partial charge in [-0.3, -0.25) is 0 Å². The Hall–Kier alpha value is -1.54. The van der Waals surface area contributed by atoms with Gasteiger partial charge in [-0.1, -0.05) is 37.3 Å². The molecular formula is C13H14O2. The molecule has 2 nitrogen and oxygen atoms in total. The maximum absolute atomic E-state index is 9.60. The fraction of sp³-hybridized carbons (Fsp3) is 0.231. The fourth-order valence-electron chi connectivity index (χ4n) is 1.49. The van der Waals surface area contributed by atoms with Gasteiger partial charge in [0.25, 0.3) is 0 Å². The smallest absolute Gasteiger partial charge is 0.134 e. The first-order chi connectivity index (χ1) is 7.31. The SMILES string of the molecule is CCC(O)c1ccc(-c2ccccc2)o1. The Morgan fingerprint density at radius 2 is 1.87 bits per heavy atom. The Morgan fingerprint density at radius 3 is 2.53 bits per heavy atom. The fourth-order valence-corrected chi connectivity index (χ4v) is 1.49. The molecule has 1 N–H and O–H groups in total. The van der Waals surface area contributed by atoms with Crippen LogP contribution in [0.3, 0.4) is 0 Å². The van der Waals surface area contributed by atoms with Gasteiger partial charge in [0.05, 0.1) is 0 Å². The molecule has 1 aromatic heterocycles. The van der Waals surface area contributed by atoms with Gasteiger partial charge in [-0.25, -0.2) is 0 Å². The van der Waals surface area contributed by atoms with E-state index in [-0.39, 0.29) is 0 Å². The molecule has 0 saturated carbocycles. The van der Waals surface area contributed by atoms with Crippen molar-refractivity contribution in [1.29, 1.82) is 0 Å². The number of rotatable bonds is 3. The van der Waals surface area contributed by atoms with Crippen LogP contribution in [0.4, 0.5) is 0 Å². The van der Waals surface area contributed by atoms with E-state index in [1.165, 1.54) is 0 Å². The maximum atomic E-state index is 9.60. The van der Waals surface area contributed by atoms with Gasteiger partial charge in [0.2, 0.25) is 0 Å². The van der Waals surface area contributed by atoms with Crippen molar-refractivity contribution in [2.24, 2.45) is 0 Å². The van der Waals surface area contributed by atoms with E-state index in [0.29, 0.717) is 12.2 Å². The van der Waals surface area contributed by atoms with Crippen molar-refractivity contribution in [2.75, 3.05) is 0 Å². The van der Waals surface area contributed by atoms with Crippen LogP contribution in [0.1, 0.15) is 25.2 Å². The van der Waals surface area contributed by atoms with Gasteiger partial charge in [-0.15, -0.1) is 0 Å². The van der Waals surface area contributed by atoms with Crippen LogP contribution in [0.15, 0.2) is 46.9 Å². The molecule has 2 rings (SSSR count). The van der Waals surface area contributed by atoms with E-state index in [4.69, 9.17) is 4.42 Å². The molecule has 78 valence electrons. The highest BCUT2D eigenvalue weighted by atomic mass is 16.4. The minimum Gasteiger partial charge on any atom is -0.458 e. The third-order valence-corrected chi connectivity index (χ3v) is 2.40. The predicted molar refractivity (Wildman–Crippen MR) is 59.4 cm³/mol. The minimum absolute atomic E-state index is 0.498. The predicted octanol–water partition coefficient (Wildman–Crippen LogP) is 3.39. The average Bonchev–Trinajstić information content (AvgIpc) is 2.78. The second-order valence-electron chi connectivity index (χ2n) is 3.49. The van der Waals surface area contributed by atoms with Gasteiger partial charge in [0, 0.05) is 5.56 Å². The van der Waals surface area contributed by atoms with E-state index in [1.807, 2.05) is 49.4 Å². The molecule has 0 spiro atoms. The van der Waals surface area contributed by atoms with Crippen LogP contribution in [0.2, 0.25) is 0 Å². The zero-order chi connectivity index (χ0) is 10.7. The summed E-state index contributed by atoms with van der Waals surface area (Å²) < 4.78 is 5.57. The van der Waals surface area contributed by atoms with Crippen molar-refractivity contribution in [3.05, 3.63) is 48.2 Å². The molecule has 0 fully saturated rings. The van der Waals surface area contributed by atoms with Crippen LogP contribution in [-0.4, -0.2) is 5.11 Å². The topological polar surface area (TPSA) is 33.4 Å². The monoisotopic (exact) mass is 202 g/mol. The lowest BCUT2D eigenvalue weighted by atomic mass is 10.2. The van der Waals surface area contributed by atoms with Gasteiger partial charge in [-0.05, 0) is 18.6 Å². The second kappa shape index (κ2) is 4.32. The molecule has 1 unspecified atom stereocenters. The summed E-state index contributed by atoms with van der Waals surface area (Å²) in [5.41, 5.74) is 1.03. The van der Waals surface area contributed by atoms with Gasteiger partial charge in [0.1, 0.15) is 17.6 Å². The van der Waals surface area contributed by atoms with Crippen LogP contribution < -0.4 is 0 Å². The average molecular weight is 202 g/mol. The highest BCUT2D eigenvalue weighted by molar-refractivity contribution is 5.57. The van der Waals surface area contributed by atoms with E-state index in [1.54, 1.807) is 0 Å². The molecule has 0 aliphatic carbocycles. The van der Waals surface area contributed by atoms with Crippen LogP contribution in [0, 0.1) is 0 Å². The first kappa shape index (κ1) is 9.99. The van der Waals surface area contributed by atoms with Crippen molar-refractivity contribution in [1.82, 2.24) is 0 Å². The summed E-state index contributed by atoms with van der Waals surface area (Å²) in [7, 11) is 0.